The molecule has 0 radical (unpaired) electrons. The predicted octanol–water partition coefficient (Wildman–Crippen LogP) is 9.28. The minimum absolute atomic E-state index is 0.0742. The van der Waals surface area contributed by atoms with Gasteiger partial charge in [0.15, 0.2) is 29.4 Å². The average molecular weight is 870 g/mol. The van der Waals surface area contributed by atoms with E-state index in [2.05, 4.69) is 29.2 Å². The maximum Gasteiger partial charge on any atom is 0.387 e. The van der Waals surface area contributed by atoms with Crippen LogP contribution in [0.1, 0.15) is 29.5 Å². The summed E-state index contributed by atoms with van der Waals surface area (Å²) in [5.41, 5.74) is 3.90. The van der Waals surface area contributed by atoms with Crippen LogP contribution in [0.25, 0.3) is 0 Å². The summed E-state index contributed by atoms with van der Waals surface area (Å²) in [7, 11) is 0. The molecule has 0 unspecified atom stereocenters. The summed E-state index contributed by atoms with van der Waals surface area (Å²) >= 11 is 0. The molecule has 0 atom stereocenters. The molecule has 0 aliphatic carbocycles. The fourth-order valence-electron chi connectivity index (χ4n) is 5.86. The van der Waals surface area contributed by atoms with Gasteiger partial charge in [0.25, 0.3) is 0 Å². The lowest BCUT2D eigenvalue weighted by molar-refractivity contribution is -0.137. The van der Waals surface area contributed by atoms with Crippen LogP contribution >= 0.6 is 0 Å². The number of halogens is 6. The Bertz CT molecular complexity index is 2340. The molecule has 0 aliphatic rings. The number of hydrogen-bond acceptors (Lipinski definition) is 12. The Labute approximate surface area is 349 Å². The molecule has 0 spiro atoms. The minimum atomic E-state index is -3.26. The zero-order chi connectivity index (χ0) is 44.6. The van der Waals surface area contributed by atoms with Crippen LogP contribution < -0.4 is 28.7 Å². The molecule has 326 valence electrons. The van der Waals surface area contributed by atoms with Crippen molar-refractivity contribution in [1.29, 1.82) is 0 Å². The quantitative estimate of drug-likeness (QED) is 0.0696. The van der Waals surface area contributed by atoms with E-state index >= 15 is 0 Å². The molecule has 2 aromatic heterocycles. The maximum atomic E-state index is 12.8. The smallest absolute Gasteiger partial charge is 0.387 e. The molecule has 0 saturated heterocycles. The molecule has 0 aliphatic heterocycles. The third kappa shape index (κ3) is 13.8. The van der Waals surface area contributed by atoms with Crippen LogP contribution in [-0.4, -0.2) is 63.5 Å². The molecule has 2 N–H and O–H groups in total. The molecule has 2 heterocycles. The normalized spacial score (nSPS) is 10.9. The van der Waals surface area contributed by atoms with Crippen molar-refractivity contribution < 1.29 is 69.5 Å². The van der Waals surface area contributed by atoms with Crippen LogP contribution in [0.2, 0.25) is 0 Å². The van der Waals surface area contributed by atoms with Gasteiger partial charge in [0.05, 0.1) is 50.6 Å². The van der Waals surface area contributed by atoms with E-state index in [1.165, 1.54) is 37.1 Å². The lowest BCUT2D eigenvalue weighted by Crippen LogP contribution is -2.18. The van der Waals surface area contributed by atoms with Gasteiger partial charge in [0, 0.05) is 47.3 Å². The number of nitrogens with zero attached hydrogens (tertiary/aromatic N) is 5. The summed E-state index contributed by atoms with van der Waals surface area (Å²) in [5.74, 6) is -2.39. The van der Waals surface area contributed by atoms with Gasteiger partial charge >= 0.3 is 31.8 Å². The van der Waals surface area contributed by atoms with Crippen LogP contribution in [0, 0.1) is 0 Å². The van der Waals surface area contributed by atoms with Crippen LogP contribution in [0.5, 0.6) is 23.0 Å². The first-order valence-corrected chi connectivity index (χ1v) is 18.3. The standard InChI is InChI=1S/C21H17F4N3O4.C21H20F2N2O5/c22-20(23)31-17-6-5-16(10-18(17)32-21(24)25)28(12-14-11-26-7-8-27-14)15-3-1-13(2-4-15)9-19(29)30;1-2-28-19-10-16(6-7-18(19)30-21(22)23)25(12-17-11-24-13-29-17)15-5-3-4-14(8-15)9-20(26)27/h1-8,10-11,20-21H,9,12H2,(H,29,30);3-8,10-11,13,21H,2,9,12H2,1H3,(H,26,27). The molecule has 0 saturated carbocycles. The second-order valence-electron chi connectivity index (χ2n) is 12.6. The first-order valence-electron chi connectivity index (χ1n) is 18.3. The maximum absolute atomic E-state index is 12.8. The van der Waals surface area contributed by atoms with Gasteiger partial charge in [0.2, 0.25) is 0 Å². The van der Waals surface area contributed by atoms with E-state index in [0.717, 1.165) is 12.1 Å². The highest BCUT2D eigenvalue weighted by atomic mass is 19.3. The second kappa shape index (κ2) is 22.2. The minimum Gasteiger partial charge on any atom is -0.490 e. The van der Waals surface area contributed by atoms with E-state index in [0.29, 0.717) is 45.3 Å². The Balaban J connectivity index is 0.000000235. The molecule has 4 aromatic carbocycles. The van der Waals surface area contributed by atoms with Gasteiger partial charge in [-0.3, -0.25) is 19.6 Å². The predicted molar refractivity (Wildman–Crippen MR) is 210 cm³/mol. The Kier molecular flexibility index (Phi) is 16.3. The van der Waals surface area contributed by atoms with Crippen molar-refractivity contribution in [2.75, 3.05) is 16.4 Å². The largest absolute Gasteiger partial charge is 0.490 e. The number of aromatic nitrogens is 3. The number of rotatable bonds is 20. The van der Waals surface area contributed by atoms with Crippen molar-refractivity contribution in [2.24, 2.45) is 0 Å². The topological polar surface area (TPSA) is 170 Å². The number of hydrogen-bond donors (Lipinski definition) is 2. The number of carbonyl (C=O) groups is 2. The zero-order valence-corrected chi connectivity index (χ0v) is 32.5. The van der Waals surface area contributed by atoms with Gasteiger partial charge in [-0.05, 0) is 66.6 Å². The van der Waals surface area contributed by atoms with E-state index in [-0.39, 0.29) is 44.0 Å². The number of alkyl halides is 6. The number of ether oxygens (including phenoxy) is 4. The van der Waals surface area contributed by atoms with Crippen LogP contribution in [0.15, 0.2) is 121 Å². The third-order valence-corrected chi connectivity index (χ3v) is 8.34. The number of benzene rings is 4. The van der Waals surface area contributed by atoms with Crippen molar-refractivity contribution in [3.8, 4) is 23.0 Å². The van der Waals surface area contributed by atoms with Crippen molar-refractivity contribution in [3.05, 3.63) is 139 Å². The lowest BCUT2D eigenvalue weighted by Gasteiger charge is -2.26. The molecular formula is C42H37F6N5O9. The van der Waals surface area contributed by atoms with Gasteiger partial charge in [-0.25, -0.2) is 4.98 Å². The lowest BCUT2D eigenvalue weighted by atomic mass is 10.1. The summed E-state index contributed by atoms with van der Waals surface area (Å²) in [6.45, 7) is -7.04. The monoisotopic (exact) mass is 869 g/mol. The highest BCUT2D eigenvalue weighted by Crippen LogP contribution is 2.39. The number of oxazole rings is 1. The number of carboxylic acid groups (broad SMARTS) is 2. The Hall–Kier alpha value is -7.51. The highest BCUT2D eigenvalue weighted by Gasteiger charge is 2.21. The average Bonchev–Trinajstić information content (AvgIpc) is 3.74. The van der Waals surface area contributed by atoms with E-state index in [1.807, 2.05) is 11.0 Å². The van der Waals surface area contributed by atoms with Crippen molar-refractivity contribution in [3.63, 3.8) is 0 Å². The summed E-state index contributed by atoms with van der Waals surface area (Å²) in [6, 6.07) is 21.8. The SMILES string of the molecule is CCOc1cc(N(Cc2cnco2)c2cccc(CC(=O)O)c2)ccc1OC(F)F.O=C(O)Cc1ccc(N(Cc2cnccn2)c2ccc(OC(F)F)c(OC(F)F)c2)cc1. The van der Waals surface area contributed by atoms with E-state index in [9.17, 15) is 35.9 Å². The molecule has 0 fully saturated rings. The fourth-order valence-corrected chi connectivity index (χ4v) is 5.86. The van der Waals surface area contributed by atoms with Crippen molar-refractivity contribution >= 4 is 34.7 Å². The summed E-state index contributed by atoms with van der Waals surface area (Å²) in [6.07, 6.45) is 7.04. The molecule has 0 amide bonds. The first kappa shape index (κ1) is 45.6. The molecule has 6 aromatic rings. The third-order valence-electron chi connectivity index (χ3n) is 8.34. The number of carboxylic acids is 2. The molecule has 20 heteroatoms. The Morgan fingerprint density at radius 2 is 1.19 bits per heavy atom. The van der Waals surface area contributed by atoms with Gasteiger partial charge < -0.3 is 43.4 Å². The van der Waals surface area contributed by atoms with Gasteiger partial charge in [-0.15, -0.1) is 0 Å². The van der Waals surface area contributed by atoms with Gasteiger partial charge in [-0.1, -0.05) is 24.3 Å². The summed E-state index contributed by atoms with van der Waals surface area (Å²) in [5, 5.41) is 18.0. The van der Waals surface area contributed by atoms with Gasteiger partial charge in [0.1, 0.15) is 5.76 Å². The molecular weight excluding hydrogens is 832 g/mol. The fraction of sp³-hybridized carbons (Fsp3) is 0.214. The summed E-state index contributed by atoms with van der Waals surface area (Å²) < 4.78 is 100. The molecule has 14 nitrogen and oxygen atoms in total. The van der Waals surface area contributed by atoms with Crippen LogP contribution in [0.4, 0.5) is 49.1 Å². The molecule has 6 rings (SSSR count). The van der Waals surface area contributed by atoms with Crippen molar-refractivity contribution in [1.82, 2.24) is 15.0 Å². The van der Waals surface area contributed by atoms with E-state index < -0.39 is 43.3 Å². The van der Waals surface area contributed by atoms with Gasteiger partial charge in [-0.2, -0.15) is 26.3 Å². The summed E-state index contributed by atoms with van der Waals surface area (Å²) in [4.78, 5) is 37.6. The first-order chi connectivity index (χ1) is 29.8. The zero-order valence-electron chi connectivity index (χ0n) is 32.5. The van der Waals surface area contributed by atoms with E-state index in [1.54, 1.807) is 72.6 Å². The Morgan fingerprint density at radius 1 is 0.629 bits per heavy atom. The van der Waals surface area contributed by atoms with Crippen molar-refractivity contribution in [2.45, 2.75) is 52.7 Å². The number of aliphatic carboxylic acids is 2. The second-order valence-corrected chi connectivity index (χ2v) is 12.6. The van der Waals surface area contributed by atoms with Crippen LogP contribution in [0.3, 0.4) is 0 Å². The number of anilines is 4. The van der Waals surface area contributed by atoms with E-state index in [4.69, 9.17) is 19.4 Å². The van der Waals surface area contributed by atoms with Crippen LogP contribution in [-0.2, 0) is 35.5 Å². The Morgan fingerprint density at radius 3 is 1.76 bits per heavy atom. The molecule has 0 bridgehead atoms. The highest BCUT2D eigenvalue weighted by molar-refractivity contribution is 5.73. The molecule has 62 heavy (non-hydrogen) atoms.